The van der Waals surface area contributed by atoms with Crippen LogP contribution >= 0.6 is 0 Å². The number of benzene rings is 1. The molecule has 0 radical (unpaired) electrons. The van der Waals surface area contributed by atoms with Gasteiger partial charge in [-0.1, -0.05) is 24.6 Å². The van der Waals surface area contributed by atoms with Crippen molar-refractivity contribution in [2.24, 2.45) is 0 Å². The summed E-state index contributed by atoms with van der Waals surface area (Å²) in [4.78, 5) is 0. The van der Waals surface area contributed by atoms with Gasteiger partial charge in [-0.05, 0) is 45.4 Å². The summed E-state index contributed by atoms with van der Waals surface area (Å²) < 4.78 is 29.6. The molecule has 1 aliphatic heterocycles. The lowest BCUT2D eigenvalue weighted by molar-refractivity contribution is 0.270. The molecule has 0 aromatic heterocycles. The predicted molar refractivity (Wildman–Crippen MR) is 86.5 cm³/mol. The Hall–Kier alpha value is -1.11. The molecular weight excluding hydrogens is 286 g/mol. The van der Waals surface area contributed by atoms with Crippen molar-refractivity contribution in [3.8, 4) is 0 Å². The standard InChI is InChI=1S/C15H25N3O2S/c1-12-8-6-7-11-18(12)21(19,20)17-15-10-5-4-9-14(15)13(2)16-3/h4-5,9-10,12-13,16-17H,6-8,11H2,1-3H3. The molecule has 0 aliphatic carbocycles. The molecule has 2 atom stereocenters. The molecule has 1 saturated heterocycles. The van der Waals surface area contributed by atoms with Gasteiger partial charge in [0.15, 0.2) is 0 Å². The van der Waals surface area contributed by atoms with Crippen molar-refractivity contribution < 1.29 is 8.42 Å². The zero-order chi connectivity index (χ0) is 15.5. The van der Waals surface area contributed by atoms with Crippen LogP contribution in [0.3, 0.4) is 0 Å². The summed E-state index contributed by atoms with van der Waals surface area (Å²) in [5, 5.41) is 3.15. The highest BCUT2D eigenvalue weighted by molar-refractivity contribution is 7.90. The van der Waals surface area contributed by atoms with Gasteiger partial charge < -0.3 is 5.32 Å². The maximum Gasteiger partial charge on any atom is 0.301 e. The Kier molecular flexibility index (Phi) is 5.24. The zero-order valence-electron chi connectivity index (χ0n) is 13.0. The molecule has 0 saturated carbocycles. The number of nitrogens with one attached hydrogen (secondary N) is 2. The van der Waals surface area contributed by atoms with E-state index >= 15 is 0 Å². The van der Waals surface area contributed by atoms with Crippen LogP contribution in [0.1, 0.15) is 44.7 Å². The van der Waals surface area contributed by atoms with Crippen LogP contribution in [0.4, 0.5) is 5.69 Å². The molecular formula is C15H25N3O2S. The van der Waals surface area contributed by atoms with Crippen molar-refractivity contribution in [3.05, 3.63) is 29.8 Å². The quantitative estimate of drug-likeness (QED) is 0.878. The minimum Gasteiger partial charge on any atom is -0.313 e. The third-order valence-electron chi connectivity index (χ3n) is 4.15. The van der Waals surface area contributed by atoms with Crippen LogP contribution in [0.2, 0.25) is 0 Å². The second-order valence-electron chi connectivity index (χ2n) is 5.66. The van der Waals surface area contributed by atoms with Crippen molar-refractivity contribution in [3.63, 3.8) is 0 Å². The monoisotopic (exact) mass is 311 g/mol. The maximum absolute atomic E-state index is 12.6. The van der Waals surface area contributed by atoms with Gasteiger partial charge in [0, 0.05) is 18.6 Å². The first-order valence-corrected chi connectivity index (χ1v) is 8.95. The van der Waals surface area contributed by atoms with Gasteiger partial charge in [-0.25, -0.2) is 0 Å². The Balaban J connectivity index is 2.24. The van der Waals surface area contributed by atoms with E-state index in [1.54, 1.807) is 4.31 Å². The van der Waals surface area contributed by atoms with E-state index in [9.17, 15) is 8.42 Å². The number of para-hydroxylation sites is 1. The summed E-state index contributed by atoms with van der Waals surface area (Å²) in [5.41, 5.74) is 1.60. The number of piperidine rings is 1. The average molecular weight is 311 g/mol. The van der Waals surface area contributed by atoms with Gasteiger partial charge in [0.05, 0.1) is 5.69 Å². The first kappa shape index (κ1) is 16.3. The van der Waals surface area contributed by atoms with Crippen LogP contribution in [0.15, 0.2) is 24.3 Å². The molecule has 6 heteroatoms. The molecule has 1 aliphatic rings. The minimum absolute atomic E-state index is 0.0603. The van der Waals surface area contributed by atoms with Crippen LogP contribution in [0.5, 0.6) is 0 Å². The molecule has 0 bridgehead atoms. The Bertz CT molecular complexity index is 574. The van der Waals surface area contributed by atoms with E-state index in [0.717, 1.165) is 24.8 Å². The Morgan fingerprint density at radius 3 is 2.67 bits per heavy atom. The fraction of sp³-hybridized carbons (Fsp3) is 0.600. The summed E-state index contributed by atoms with van der Waals surface area (Å²) in [6.07, 6.45) is 2.95. The molecule has 5 nitrogen and oxygen atoms in total. The van der Waals surface area contributed by atoms with Crippen molar-refractivity contribution in [1.82, 2.24) is 9.62 Å². The summed E-state index contributed by atoms with van der Waals surface area (Å²) in [6.45, 7) is 4.58. The molecule has 1 heterocycles. The van der Waals surface area contributed by atoms with Crippen LogP contribution in [-0.4, -0.2) is 32.4 Å². The van der Waals surface area contributed by atoms with Crippen molar-refractivity contribution in [2.45, 2.75) is 45.2 Å². The summed E-state index contributed by atoms with van der Waals surface area (Å²) >= 11 is 0. The Morgan fingerprint density at radius 1 is 1.29 bits per heavy atom. The molecule has 0 amide bonds. The van der Waals surface area contributed by atoms with Crippen molar-refractivity contribution >= 4 is 15.9 Å². The SMILES string of the molecule is CNC(C)c1ccccc1NS(=O)(=O)N1CCCCC1C. The van der Waals surface area contributed by atoms with Crippen molar-refractivity contribution in [2.75, 3.05) is 18.3 Å². The highest BCUT2D eigenvalue weighted by Crippen LogP contribution is 2.26. The normalized spacial score (nSPS) is 22.0. The first-order valence-electron chi connectivity index (χ1n) is 7.51. The number of anilines is 1. The van der Waals surface area contributed by atoms with E-state index in [1.165, 1.54) is 0 Å². The highest BCUT2D eigenvalue weighted by atomic mass is 32.2. The molecule has 21 heavy (non-hydrogen) atoms. The first-order chi connectivity index (χ1) is 9.95. The van der Waals surface area contributed by atoms with Crippen LogP contribution < -0.4 is 10.0 Å². The topological polar surface area (TPSA) is 61.4 Å². The highest BCUT2D eigenvalue weighted by Gasteiger charge is 2.30. The van der Waals surface area contributed by atoms with Gasteiger partial charge in [-0.15, -0.1) is 0 Å². The van der Waals surface area contributed by atoms with E-state index in [-0.39, 0.29) is 12.1 Å². The van der Waals surface area contributed by atoms with E-state index in [4.69, 9.17) is 0 Å². The fourth-order valence-corrected chi connectivity index (χ4v) is 4.28. The van der Waals surface area contributed by atoms with E-state index in [2.05, 4.69) is 10.0 Å². The fourth-order valence-electron chi connectivity index (χ4n) is 2.75. The largest absolute Gasteiger partial charge is 0.313 e. The summed E-state index contributed by atoms with van der Waals surface area (Å²) in [6, 6.07) is 7.68. The molecule has 1 aromatic rings. The van der Waals surface area contributed by atoms with Crippen LogP contribution in [0.25, 0.3) is 0 Å². The number of hydrogen-bond acceptors (Lipinski definition) is 3. The van der Waals surface area contributed by atoms with Crippen molar-refractivity contribution in [1.29, 1.82) is 0 Å². The molecule has 2 N–H and O–H groups in total. The second-order valence-corrected chi connectivity index (χ2v) is 7.28. The molecule has 2 rings (SSSR count). The van der Waals surface area contributed by atoms with Crippen LogP contribution in [0, 0.1) is 0 Å². The van der Waals surface area contributed by atoms with Gasteiger partial charge in [0.25, 0.3) is 0 Å². The van der Waals surface area contributed by atoms with E-state index in [0.29, 0.717) is 12.2 Å². The number of rotatable bonds is 5. The number of hydrogen-bond donors (Lipinski definition) is 2. The van der Waals surface area contributed by atoms with Gasteiger partial charge in [0.1, 0.15) is 0 Å². The molecule has 1 aromatic carbocycles. The third-order valence-corrected chi connectivity index (χ3v) is 5.79. The van der Waals surface area contributed by atoms with Gasteiger partial charge in [0.2, 0.25) is 0 Å². The number of nitrogens with zero attached hydrogens (tertiary/aromatic N) is 1. The maximum atomic E-state index is 12.6. The molecule has 2 unspecified atom stereocenters. The summed E-state index contributed by atoms with van der Waals surface area (Å²) in [7, 11) is -1.63. The van der Waals surface area contributed by atoms with Gasteiger partial charge in [-0.2, -0.15) is 12.7 Å². The second kappa shape index (κ2) is 6.77. The summed E-state index contributed by atoms with van der Waals surface area (Å²) in [5.74, 6) is 0. The lowest BCUT2D eigenvalue weighted by Crippen LogP contribution is -2.45. The molecule has 1 fully saturated rings. The lowest BCUT2D eigenvalue weighted by atomic mass is 10.1. The van der Waals surface area contributed by atoms with Gasteiger partial charge >= 0.3 is 10.2 Å². The average Bonchev–Trinajstić information content (AvgIpc) is 2.47. The Labute approximate surface area is 127 Å². The lowest BCUT2D eigenvalue weighted by Gasteiger charge is -2.32. The zero-order valence-corrected chi connectivity index (χ0v) is 13.8. The smallest absolute Gasteiger partial charge is 0.301 e. The molecule has 118 valence electrons. The Morgan fingerprint density at radius 2 is 2.00 bits per heavy atom. The van der Waals surface area contributed by atoms with E-state index < -0.39 is 10.2 Å². The predicted octanol–water partition coefficient (Wildman–Crippen LogP) is 2.50. The minimum atomic E-state index is -3.49. The third kappa shape index (κ3) is 3.75. The van der Waals surface area contributed by atoms with Gasteiger partial charge in [-0.3, -0.25) is 4.72 Å². The van der Waals surface area contributed by atoms with Crippen LogP contribution in [-0.2, 0) is 10.2 Å². The van der Waals surface area contributed by atoms with E-state index in [1.807, 2.05) is 45.2 Å². The molecule has 0 spiro atoms.